The number of hydrogen-bond acceptors (Lipinski definition) is 2. The van der Waals surface area contributed by atoms with Gasteiger partial charge in [-0.2, -0.15) is 4.57 Å². The molecule has 0 amide bonds. The van der Waals surface area contributed by atoms with Crippen LogP contribution in [0.15, 0.2) is 47.0 Å². The fraction of sp³-hybridized carbons (Fsp3) is 0.385. The predicted molar refractivity (Wildman–Crippen MR) is 125 cm³/mol. The van der Waals surface area contributed by atoms with Crippen molar-refractivity contribution in [3.05, 3.63) is 59.4 Å². The lowest BCUT2D eigenvalue weighted by Gasteiger charge is -2.21. The van der Waals surface area contributed by atoms with Crippen molar-refractivity contribution in [3.8, 4) is 11.3 Å². The van der Waals surface area contributed by atoms with Crippen LogP contribution in [0.4, 0.5) is 0 Å². The number of aromatic nitrogens is 2. The molecule has 2 radical (unpaired) electrons. The smallest absolute Gasteiger partial charge is 0.227 e. The molecule has 0 saturated heterocycles. The lowest BCUT2D eigenvalue weighted by atomic mass is 9.67. The molecule has 0 saturated carbocycles. The van der Waals surface area contributed by atoms with Gasteiger partial charge in [-0.25, -0.2) is 4.98 Å². The monoisotopic (exact) mass is 397 g/mol. The number of nitrogens with zero attached hydrogens (tertiary/aromatic N) is 2. The van der Waals surface area contributed by atoms with Gasteiger partial charge in [0.15, 0.2) is 17.8 Å². The van der Waals surface area contributed by atoms with Crippen molar-refractivity contribution in [3.63, 3.8) is 0 Å². The second-order valence-electron chi connectivity index (χ2n) is 8.94. The van der Waals surface area contributed by atoms with Gasteiger partial charge in [0.25, 0.3) is 0 Å². The first-order valence-corrected chi connectivity index (χ1v) is 10.9. The van der Waals surface area contributed by atoms with E-state index >= 15 is 0 Å². The zero-order chi connectivity index (χ0) is 21.6. The van der Waals surface area contributed by atoms with Gasteiger partial charge >= 0.3 is 0 Å². The van der Waals surface area contributed by atoms with Gasteiger partial charge in [-0.05, 0) is 42.4 Å². The maximum absolute atomic E-state index is 6.48. The molecule has 0 unspecified atom stereocenters. The van der Waals surface area contributed by atoms with Gasteiger partial charge < -0.3 is 4.42 Å². The summed E-state index contributed by atoms with van der Waals surface area (Å²) in [7, 11) is 6.48. The van der Waals surface area contributed by atoms with Crippen molar-refractivity contribution in [1.29, 1.82) is 0 Å². The molecule has 4 aromatic rings. The molecule has 0 spiro atoms. The molecule has 4 heteroatoms. The quantitative estimate of drug-likeness (QED) is 0.291. The maximum atomic E-state index is 6.48. The van der Waals surface area contributed by atoms with Gasteiger partial charge in [0.05, 0.1) is 13.4 Å². The fourth-order valence-corrected chi connectivity index (χ4v) is 4.34. The van der Waals surface area contributed by atoms with Crippen molar-refractivity contribution in [1.82, 2.24) is 4.98 Å². The van der Waals surface area contributed by atoms with Gasteiger partial charge in [-0.3, -0.25) is 0 Å². The Labute approximate surface area is 180 Å². The summed E-state index contributed by atoms with van der Waals surface area (Å²) < 4.78 is 8.76. The molecule has 0 aliphatic carbocycles. The molecule has 0 atom stereocenters. The minimum atomic E-state index is -0.421. The van der Waals surface area contributed by atoms with Crippen LogP contribution >= 0.6 is 0 Å². The maximum Gasteiger partial charge on any atom is 0.227 e. The average molecular weight is 397 g/mol. The predicted octanol–water partition coefficient (Wildman–Crippen LogP) is 6.32. The number of hydrogen-bond donors (Lipinski definition) is 0. The number of fused-ring (bicyclic) bond motifs is 3. The highest BCUT2D eigenvalue weighted by Crippen LogP contribution is 2.37. The Balaban J connectivity index is 2.10. The van der Waals surface area contributed by atoms with Gasteiger partial charge in [0.1, 0.15) is 0 Å². The van der Waals surface area contributed by atoms with Crippen molar-refractivity contribution in [2.45, 2.75) is 65.7 Å². The number of benzene rings is 1. The lowest BCUT2D eigenvalue weighted by molar-refractivity contribution is -0.713. The van der Waals surface area contributed by atoms with Crippen LogP contribution in [0.1, 0.15) is 63.4 Å². The second-order valence-corrected chi connectivity index (χ2v) is 8.94. The first kappa shape index (κ1) is 20.6. The molecule has 3 heterocycles. The Hall–Kier alpha value is -2.62. The van der Waals surface area contributed by atoms with Crippen molar-refractivity contribution in [2.75, 3.05) is 0 Å². The Bertz CT molecular complexity index is 1230. The van der Waals surface area contributed by atoms with Crippen LogP contribution < -0.4 is 4.57 Å². The van der Waals surface area contributed by atoms with Crippen molar-refractivity contribution >= 4 is 29.9 Å². The van der Waals surface area contributed by atoms with Crippen molar-refractivity contribution < 1.29 is 8.98 Å². The Morgan fingerprint density at radius 1 is 1.03 bits per heavy atom. The van der Waals surface area contributed by atoms with E-state index in [9.17, 15) is 0 Å². The van der Waals surface area contributed by atoms with Crippen molar-refractivity contribution in [2.24, 2.45) is 0 Å². The summed E-state index contributed by atoms with van der Waals surface area (Å²) in [6.45, 7) is 12.7. The molecule has 0 aliphatic heterocycles. The molecule has 30 heavy (non-hydrogen) atoms. The summed E-state index contributed by atoms with van der Waals surface area (Å²) in [5.41, 5.74) is 7.13. The Morgan fingerprint density at radius 3 is 2.40 bits per heavy atom. The molecule has 3 aromatic heterocycles. The first-order chi connectivity index (χ1) is 14.2. The molecule has 152 valence electrons. The summed E-state index contributed by atoms with van der Waals surface area (Å²) in [5.74, 6) is 0. The highest BCUT2D eigenvalue weighted by atomic mass is 16.3. The topological polar surface area (TPSA) is 29.9 Å². The molecular weight excluding hydrogens is 367 g/mol. The third-order valence-electron chi connectivity index (χ3n) is 6.18. The highest BCUT2D eigenvalue weighted by Gasteiger charge is 2.28. The minimum absolute atomic E-state index is 0.411. The van der Waals surface area contributed by atoms with Crippen LogP contribution in [0.3, 0.4) is 0 Å². The zero-order valence-corrected chi connectivity index (χ0v) is 18.9. The van der Waals surface area contributed by atoms with E-state index in [1.807, 2.05) is 13.0 Å². The van der Waals surface area contributed by atoms with E-state index in [2.05, 4.69) is 80.7 Å². The van der Waals surface area contributed by atoms with Crippen LogP contribution in [0.25, 0.3) is 33.3 Å². The Kier molecular flexibility index (Phi) is 5.21. The molecule has 0 aliphatic rings. The summed E-state index contributed by atoms with van der Waals surface area (Å²) in [6.07, 6.45) is 4.32. The number of rotatable bonds is 5. The molecule has 0 fully saturated rings. The first-order valence-electron chi connectivity index (χ1n) is 10.9. The van der Waals surface area contributed by atoms with Crippen LogP contribution in [-0.4, -0.2) is 12.8 Å². The van der Waals surface area contributed by atoms with Crippen LogP contribution in [0.2, 0.25) is 0 Å². The second kappa shape index (κ2) is 7.57. The standard InChI is InChI=1S/C26H30BN2O/c1-7-19(8-2)29-14-13-18(26(5,6)27)15-22(29)23-16(3)9-11-20-21-12-10-17(4)28-25(21)30-24(20)23/h9-15,19H,7-8H2,1-6H3/q+1. The van der Waals surface area contributed by atoms with E-state index in [1.54, 1.807) is 0 Å². The Morgan fingerprint density at radius 2 is 1.73 bits per heavy atom. The third-order valence-corrected chi connectivity index (χ3v) is 6.18. The van der Waals surface area contributed by atoms with Gasteiger partial charge in [-0.1, -0.05) is 39.8 Å². The highest BCUT2D eigenvalue weighted by molar-refractivity contribution is 6.15. The van der Waals surface area contributed by atoms with Gasteiger partial charge in [0, 0.05) is 41.4 Å². The number of furan rings is 1. The third kappa shape index (κ3) is 3.43. The summed E-state index contributed by atoms with van der Waals surface area (Å²) in [5, 5.41) is 1.74. The van der Waals surface area contributed by atoms with Gasteiger partial charge in [-0.15, -0.1) is 0 Å². The molecule has 0 bridgehead atoms. The molecular formula is C26H30BN2O+. The zero-order valence-electron chi connectivity index (χ0n) is 18.9. The van der Waals surface area contributed by atoms with E-state index < -0.39 is 5.31 Å². The van der Waals surface area contributed by atoms with Crippen LogP contribution in [0.5, 0.6) is 0 Å². The van der Waals surface area contributed by atoms with E-state index in [1.165, 1.54) is 5.56 Å². The molecule has 1 aromatic carbocycles. The fourth-order valence-electron chi connectivity index (χ4n) is 4.34. The largest absolute Gasteiger partial charge is 0.437 e. The molecule has 4 rings (SSSR count). The minimum Gasteiger partial charge on any atom is -0.437 e. The van der Waals surface area contributed by atoms with E-state index in [4.69, 9.17) is 12.3 Å². The van der Waals surface area contributed by atoms with E-state index in [0.29, 0.717) is 11.8 Å². The van der Waals surface area contributed by atoms with Gasteiger partial charge in [0.2, 0.25) is 11.4 Å². The van der Waals surface area contributed by atoms with Crippen LogP contribution in [0, 0.1) is 13.8 Å². The average Bonchev–Trinajstić information content (AvgIpc) is 3.05. The molecule has 0 N–H and O–H groups in total. The molecule has 3 nitrogen and oxygen atoms in total. The number of pyridine rings is 2. The summed E-state index contributed by atoms with van der Waals surface area (Å²) in [6, 6.07) is 13.3. The summed E-state index contributed by atoms with van der Waals surface area (Å²) in [4.78, 5) is 4.63. The van der Waals surface area contributed by atoms with Crippen LogP contribution in [-0.2, 0) is 5.31 Å². The number of aryl methyl sites for hydroxylation is 2. The van der Waals surface area contributed by atoms with E-state index in [0.717, 1.165) is 51.7 Å². The lowest BCUT2D eigenvalue weighted by Crippen LogP contribution is -2.41. The SMILES string of the molecule is [B]C(C)(C)c1cc[n+](C(CC)CC)c(-c2c(C)ccc3c2oc2nc(C)ccc23)c1. The van der Waals surface area contributed by atoms with E-state index in [-0.39, 0.29) is 0 Å². The summed E-state index contributed by atoms with van der Waals surface area (Å²) >= 11 is 0. The normalized spacial score (nSPS) is 12.4.